The number of rotatable bonds is 9. The second kappa shape index (κ2) is 15.5. The number of benzene rings is 6. The minimum Gasteiger partial charge on any atom is -0.457 e. The Hall–Kier alpha value is -6.24. The van der Waals surface area contributed by atoms with Gasteiger partial charge in [0.2, 0.25) is 0 Å². The summed E-state index contributed by atoms with van der Waals surface area (Å²) in [6.45, 7) is 15.5. The largest absolute Gasteiger partial charge is 0.457 e. The quantitative estimate of drug-likeness (QED) is 0.146. The van der Waals surface area contributed by atoms with Gasteiger partial charge in [0.25, 0.3) is 0 Å². The van der Waals surface area contributed by atoms with Gasteiger partial charge in [0, 0.05) is 27.6 Å². The molecule has 1 aliphatic heterocycles. The van der Waals surface area contributed by atoms with Crippen LogP contribution in [0.4, 0.5) is 0 Å². The lowest BCUT2D eigenvalue weighted by Gasteiger charge is -2.40. The van der Waals surface area contributed by atoms with Crippen LogP contribution < -0.4 is 4.74 Å². The Morgan fingerprint density at radius 1 is 0.610 bits per heavy atom. The first-order valence-electron chi connectivity index (χ1n) is 20.5. The van der Waals surface area contributed by atoms with Crippen LogP contribution in [0.5, 0.6) is 11.5 Å². The summed E-state index contributed by atoms with van der Waals surface area (Å²) in [6.07, 6.45) is 3.96. The molecule has 0 N–H and O–H groups in total. The third-order valence-corrected chi connectivity index (χ3v) is 12.7. The molecule has 292 valence electrons. The molecule has 0 spiro atoms. The van der Waals surface area contributed by atoms with Crippen molar-refractivity contribution in [3.05, 3.63) is 202 Å². The molecule has 0 saturated heterocycles. The zero-order valence-corrected chi connectivity index (χ0v) is 35.5. The number of aromatic nitrogens is 4. The van der Waals surface area contributed by atoms with Crippen LogP contribution in [0, 0.1) is 20.8 Å². The second-order valence-corrected chi connectivity index (χ2v) is 17.4. The van der Waals surface area contributed by atoms with E-state index in [0.29, 0.717) is 17.6 Å². The van der Waals surface area contributed by atoms with Gasteiger partial charge in [0.05, 0.1) is 23.0 Å². The van der Waals surface area contributed by atoms with E-state index in [1.807, 2.05) is 34.8 Å². The van der Waals surface area contributed by atoms with Crippen LogP contribution in [0.1, 0.15) is 89.7 Å². The monoisotopic (exact) mass is 788 g/mol. The molecule has 0 unspecified atom stereocenters. The molecule has 0 bridgehead atoms. The van der Waals surface area contributed by atoms with E-state index >= 15 is 0 Å². The van der Waals surface area contributed by atoms with Crippen molar-refractivity contribution in [1.29, 1.82) is 0 Å². The van der Waals surface area contributed by atoms with Crippen LogP contribution in [0.25, 0.3) is 28.1 Å². The Morgan fingerprint density at radius 3 is 1.90 bits per heavy atom. The van der Waals surface area contributed by atoms with E-state index in [1.165, 1.54) is 59.9 Å². The minimum atomic E-state index is -0.666. The Balaban J connectivity index is 1.20. The Morgan fingerprint density at radius 2 is 1.25 bits per heavy atom. The molecule has 2 aromatic heterocycles. The van der Waals surface area contributed by atoms with Crippen molar-refractivity contribution in [3.8, 4) is 39.6 Å². The average molecular weight is 789 g/mol. The van der Waals surface area contributed by atoms with Crippen molar-refractivity contribution < 1.29 is 4.74 Å². The van der Waals surface area contributed by atoms with Crippen molar-refractivity contribution in [2.24, 2.45) is 0 Å². The zero-order valence-electron chi connectivity index (χ0n) is 34.7. The van der Waals surface area contributed by atoms with Crippen molar-refractivity contribution in [3.63, 3.8) is 0 Å². The Kier molecular flexibility index (Phi) is 10.1. The molecule has 1 aliphatic rings. The maximum atomic E-state index is 7.00. The highest BCUT2D eigenvalue weighted by atomic mass is 32.2. The number of ether oxygens (including phenoxy) is 1. The fraction of sp³-hybridized carbons (Fsp3) is 0.189. The normalized spacial score (nSPS) is 13.0. The van der Waals surface area contributed by atoms with Gasteiger partial charge in [-0.2, -0.15) is 0 Å². The second-order valence-electron chi connectivity index (χ2n) is 16.3. The van der Waals surface area contributed by atoms with E-state index < -0.39 is 5.41 Å². The van der Waals surface area contributed by atoms with Gasteiger partial charge in [-0.3, -0.25) is 4.98 Å². The number of hydrogen-bond acceptors (Lipinski definition) is 5. The van der Waals surface area contributed by atoms with E-state index in [4.69, 9.17) is 20.0 Å². The summed E-state index contributed by atoms with van der Waals surface area (Å²) in [5.41, 5.74) is 15.2. The molecule has 9 rings (SSSR count). The third-order valence-electron chi connectivity index (χ3n) is 11.6. The number of aryl methyl sites for hydroxylation is 3. The highest BCUT2D eigenvalue weighted by Crippen LogP contribution is 2.55. The Labute approximate surface area is 352 Å². The van der Waals surface area contributed by atoms with Crippen LogP contribution >= 0.6 is 11.8 Å². The van der Waals surface area contributed by atoms with E-state index in [2.05, 4.69) is 182 Å². The van der Waals surface area contributed by atoms with E-state index in [0.717, 1.165) is 34.0 Å². The number of nitrogens with zero attached hydrogens (tertiary/aromatic N) is 4. The first-order valence-corrected chi connectivity index (χ1v) is 21.3. The summed E-state index contributed by atoms with van der Waals surface area (Å²) < 4.78 is 8.89. The van der Waals surface area contributed by atoms with Crippen LogP contribution in [0.2, 0.25) is 0 Å². The van der Waals surface area contributed by atoms with Gasteiger partial charge in [-0.05, 0) is 131 Å². The van der Waals surface area contributed by atoms with Gasteiger partial charge in [0.1, 0.15) is 17.2 Å². The predicted molar refractivity (Wildman–Crippen MR) is 241 cm³/mol. The predicted octanol–water partition coefficient (Wildman–Crippen LogP) is 13.8. The lowest BCUT2D eigenvalue weighted by molar-refractivity contribution is 0.480. The summed E-state index contributed by atoms with van der Waals surface area (Å²) >= 11 is 1.81. The molecule has 59 heavy (non-hydrogen) atoms. The van der Waals surface area contributed by atoms with Crippen LogP contribution in [-0.2, 0) is 5.41 Å². The SMILES string of the molecule is Cc1cc(C)c(-c2cc(Oc3cccc(C4(c5ccccn5)c5ccccc5Sc5ccccc54)c3)cc(-n3cc(-c4c(C(C)C)cccc4C(C)C)nn3)c2)c(C)c1. The summed E-state index contributed by atoms with van der Waals surface area (Å²) in [5, 5.41) is 9.58. The molecule has 3 heterocycles. The summed E-state index contributed by atoms with van der Waals surface area (Å²) in [4.78, 5) is 7.49. The standard InChI is InChI=1S/C53H48N4OS/c1-33(2)43-18-15-19-44(34(3)4)52(43)47-32-57(56-55-47)40-28-38(51-36(6)26-35(5)27-37(51)7)29-42(31-40)58-41-17-14-16-39(30-41)53(50-24-12-13-25-54-50)45-20-8-10-22-48(45)59-49-23-11-9-21-46(49)53/h8-34H,1-7H3. The number of fused-ring (bicyclic) bond motifs is 2. The molecule has 0 aliphatic carbocycles. The molecule has 6 heteroatoms. The smallest absolute Gasteiger partial charge is 0.130 e. The molecular weight excluding hydrogens is 741 g/mol. The highest BCUT2D eigenvalue weighted by Gasteiger charge is 2.45. The first kappa shape index (κ1) is 38.3. The topological polar surface area (TPSA) is 52.8 Å². The average Bonchev–Trinajstić information content (AvgIpc) is 3.73. The molecule has 0 atom stereocenters. The third kappa shape index (κ3) is 6.85. The lowest BCUT2D eigenvalue weighted by Crippen LogP contribution is -2.34. The molecule has 0 saturated carbocycles. The molecule has 6 aromatic carbocycles. The Bertz CT molecular complexity index is 2740. The fourth-order valence-corrected chi connectivity index (χ4v) is 10.3. The van der Waals surface area contributed by atoms with E-state index in [1.54, 1.807) is 0 Å². The number of pyridine rings is 1. The summed E-state index contributed by atoms with van der Waals surface area (Å²) in [5.74, 6) is 2.12. The van der Waals surface area contributed by atoms with Crippen molar-refractivity contribution in [1.82, 2.24) is 20.0 Å². The van der Waals surface area contributed by atoms with Crippen LogP contribution in [0.3, 0.4) is 0 Å². The van der Waals surface area contributed by atoms with Crippen LogP contribution in [-0.4, -0.2) is 20.0 Å². The van der Waals surface area contributed by atoms with Gasteiger partial charge in [0.15, 0.2) is 0 Å². The molecule has 5 nitrogen and oxygen atoms in total. The summed E-state index contributed by atoms with van der Waals surface area (Å²) in [7, 11) is 0. The molecular formula is C53H48N4OS. The van der Waals surface area contributed by atoms with E-state index in [-0.39, 0.29) is 0 Å². The minimum absolute atomic E-state index is 0.339. The van der Waals surface area contributed by atoms with Gasteiger partial charge in [-0.15, -0.1) is 5.10 Å². The first-order chi connectivity index (χ1) is 28.6. The zero-order chi connectivity index (χ0) is 40.8. The van der Waals surface area contributed by atoms with Crippen molar-refractivity contribution in [2.75, 3.05) is 0 Å². The molecule has 0 amide bonds. The van der Waals surface area contributed by atoms with Crippen molar-refractivity contribution in [2.45, 2.75) is 75.5 Å². The maximum absolute atomic E-state index is 7.00. The van der Waals surface area contributed by atoms with Gasteiger partial charge >= 0.3 is 0 Å². The molecule has 0 radical (unpaired) electrons. The number of hydrogen-bond donors (Lipinski definition) is 0. The fourth-order valence-electron chi connectivity index (χ4n) is 9.15. The molecule has 8 aromatic rings. The van der Waals surface area contributed by atoms with Gasteiger partial charge in [-0.25, -0.2) is 4.68 Å². The van der Waals surface area contributed by atoms with E-state index in [9.17, 15) is 0 Å². The highest BCUT2D eigenvalue weighted by molar-refractivity contribution is 7.99. The lowest BCUT2D eigenvalue weighted by atomic mass is 9.66. The van der Waals surface area contributed by atoms with Crippen molar-refractivity contribution >= 4 is 11.8 Å². The molecule has 0 fully saturated rings. The van der Waals surface area contributed by atoms with Crippen LogP contribution in [0.15, 0.2) is 162 Å². The summed E-state index contributed by atoms with van der Waals surface area (Å²) in [6, 6.07) is 49.7. The van der Waals surface area contributed by atoms with Gasteiger partial charge < -0.3 is 4.74 Å². The maximum Gasteiger partial charge on any atom is 0.130 e. The van der Waals surface area contributed by atoms with Gasteiger partial charge in [-0.1, -0.05) is 135 Å².